The Balaban J connectivity index is 2.33. The van der Waals surface area contributed by atoms with Gasteiger partial charge in [-0.25, -0.2) is 0 Å². The Kier molecular flexibility index (Phi) is 6.09. The number of halogens is 2. The van der Waals surface area contributed by atoms with E-state index in [-0.39, 0.29) is 6.04 Å². The van der Waals surface area contributed by atoms with Crippen molar-refractivity contribution >= 4 is 27.5 Å². The zero-order valence-electron chi connectivity index (χ0n) is 12.2. The van der Waals surface area contributed by atoms with Gasteiger partial charge in [0.15, 0.2) is 0 Å². The summed E-state index contributed by atoms with van der Waals surface area (Å²) < 4.78 is 6.14. The third-order valence-electron chi connectivity index (χ3n) is 3.32. The van der Waals surface area contributed by atoms with Crippen molar-refractivity contribution in [2.45, 2.75) is 19.4 Å². The third-order valence-corrected chi connectivity index (χ3v) is 4.54. The van der Waals surface area contributed by atoms with Gasteiger partial charge in [0, 0.05) is 4.47 Å². The maximum Gasteiger partial charge on any atom is 0.118 e. The van der Waals surface area contributed by atoms with E-state index in [0.29, 0.717) is 0 Å². The number of hydrogen-bond acceptors (Lipinski definition) is 2. The first-order valence-electron chi connectivity index (χ1n) is 6.98. The molecule has 0 aliphatic rings. The lowest BCUT2D eigenvalue weighted by molar-refractivity contribution is 0.414. The van der Waals surface area contributed by atoms with Crippen LogP contribution in [0, 0.1) is 0 Å². The molecule has 0 amide bonds. The van der Waals surface area contributed by atoms with Crippen molar-refractivity contribution in [3.63, 3.8) is 0 Å². The molecule has 2 aromatic carbocycles. The Morgan fingerprint density at radius 3 is 2.38 bits per heavy atom. The normalized spacial score (nSPS) is 12.2. The minimum atomic E-state index is 0.143. The summed E-state index contributed by atoms with van der Waals surface area (Å²) in [6, 6.07) is 14.4. The molecule has 0 spiro atoms. The fraction of sp³-hybridized carbons (Fsp3) is 0.294. The molecule has 0 saturated heterocycles. The average Bonchev–Trinajstić information content (AvgIpc) is 2.51. The second-order valence-corrected chi connectivity index (χ2v) is 6.10. The zero-order chi connectivity index (χ0) is 15.2. The lowest BCUT2D eigenvalue weighted by Crippen LogP contribution is -2.23. The molecule has 0 bridgehead atoms. The minimum Gasteiger partial charge on any atom is -0.497 e. The van der Waals surface area contributed by atoms with Crippen LogP contribution in [-0.2, 0) is 0 Å². The van der Waals surface area contributed by atoms with E-state index >= 15 is 0 Å². The monoisotopic (exact) mass is 367 g/mol. The molecule has 4 heteroatoms. The summed E-state index contributed by atoms with van der Waals surface area (Å²) in [5.41, 5.74) is 2.39. The highest BCUT2D eigenvalue weighted by atomic mass is 79.9. The predicted molar refractivity (Wildman–Crippen MR) is 92.3 cm³/mol. The van der Waals surface area contributed by atoms with E-state index < -0.39 is 0 Å². The summed E-state index contributed by atoms with van der Waals surface area (Å²) in [6.45, 7) is 3.12. The van der Waals surface area contributed by atoms with Crippen LogP contribution in [0.5, 0.6) is 5.75 Å². The Bertz CT molecular complexity index is 586. The van der Waals surface area contributed by atoms with Gasteiger partial charge in [0.2, 0.25) is 0 Å². The molecule has 1 unspecified atom stereocenters. The van der Waals surface area contributed by atoms with Crippen molar-refractivity contribution in [3.05, 3.63) is 63.1 Å². The maximum absolute atomic E-state index is 6.09. The van der Waals surface area contributed by atoms with Crippen molar-refractivity contribution < 1.29 is 4.74 Å². The molecule has 0 aromatic heterocycles. The molecule has 2 nitrogen and oxygen atoms in total. The van der Waals surface area contributed by atoms with Gasteiger partial charge in [-0.05, 0) is 64.3 Å². The Morgan fingerprint density at radius 2 is 1.81 bits per heavy atom. The number of methoxy groups -OCH3 is 1. The number of nitrogens with one attached hydrogen (secondary N) is 1. The SMILES string of the molecule is CCCNC(c1ccc(OC)cc1)c1ccc(Cl)c(Br)c1. The topological polar surface area (TPSA) is 21.3 Å². The Morgan fingerprint density at radius 1 is 1.14 bits per heavy atom. The van der Waals surface area contributed by atoms with Crippen LogP contribution >= 0.6 is 27.5 Å². The average molecular weight is 369 g/mol. The summed E-state index contributed by atoms with van der Waals surface area (Å²) in [7, 11) is 1.68. The van der Waals surface area contributed by atoms with Crippen LogP contribution in [0.1, 0.15) is 30.5 Å². The van der Waals surface area contributed by atoms with E-state index in [4.69, 9.17) is 16.3 Å². The van der Waals surface area contributed by atoms with E-state index in [2.05, 4.69) is 52.4 Å². The van der Waals surface area contributed by atoms with Crippen molar-refractivity contribution in [1.82, 2.24) is 5.32 Å². The van der Waals surface area contributed by atoms with Crippen LogP contribution in [0.3, 0.4) is 0 Å². The molecule has 2 aromatic rings. The lowest BCUT2D eigenvalue weighted by Gasteiger charge is -2.20. The second-order valence-electron chi connectivity index (χ2n) is 4.83. The number of benzene rings is 2. The summed E-state index contributed by atoms with van der Waals surface area (Å²) in [4.78, 5) is 0. The fourth-order valence-electron chi connectivity index (χ4n) is 2.21. The molecule has 1 atom stereocenters. The van der Waals surface area contributed by atoms with E-state index in [1.54, 1.807) is 7.11 Å². The smallest absolute Gasteiger partial charge is 0.118 e. The van der Waals surface area contributed by atoms with Gasteiger partial charge in [0.05, 0.1) is 18.2 Å². The summed E-state index contributed by atoms with van der Waals surface area (Å²) >= 11 is 9.59. The number of rotatable bonds is 6. The maximum atomic E-state index is 6.09. The summed E-state index contributed by atoms with van der Waals surface area (Å²) in [6.07, 6.45) is 1.08. The standard InChI is InChI=1S/C17H19BrClNO/c1-3-10-20-17(12-4-7-14(21-2)8-5-12)13-6-9-16(19)15(18)11-13/h4-9,11,17,20H,3,10H2,1-2H3. The molecule has 0 aliphatic heterocycles. The molecule has 1 N–H and O–H groups in total. The van der Waals surface area contributed by atoms with E-state index in [1.165, 1.54) is 11.1 Å². The molecule has 2 rings (SSSR count). The first-order valence-corrected chi connectivity index (χ1v) is 8.15. The van der Waals surface area contributed by atoms with Gasteiger partial charge >= 0.3 is 0 Å². The highest BCUT2D eigenvalue weighted by molar-refractivity contribution is 9.10. The van der Waals surface area contributed by atoms with Crippen molar-refractivity contribution in [3.8, 4) is 5.75 Å². The number of ether oxygens (including phenoxy) is 1. The highest BCUT2D eigenvalue weighted by Gasteiger charge is 2.14. The largest absolute Gasteiger partial charge is 0.497 e. The molecule has 0 fully saturated rings. The lowest BCUT2D eigenvalue weighted by atomic mass is 9.98. The molecular formula is C17H19BrClNO. The quantitative estimate of drug-likeness (QED) is 0.756. The van der Waals surface area contributed by atoms with Gasteiger partial charge in [-0.2, -0.15) is 0 Å². The fourth-order valence-corrected chi connectivity index (χ4v) is 2.72. The summed E-state index contributed by atoms with van der Waals surface area (Å²) in [5, 5.41) is 4.31. The molecule has 21 heavy (non-hydrogen) atoms. The molecule has 0 saturated carbocycles. The van der Waals surface area contributed by atoms with E-state index in [9.17, 15) is 0 Å². The van der Waals surface area contributed by atoms with Crippen molar-refractivity contribution in [2.24, 2.45) is 0 Å². The van der Waals surface area contributed by atoms with Gasteiger partial charge in [-0.15, -0.1) is 0 Å². The van der Waals surface area contributed by atoms with Crippen molar-refractivity contribution in [2.75, 3.05) is 13.7 Å². The van der Waals surface area contributed by atoms with Crippen molar-refractivity contribution in [1.29, 1.82) is 0 Å². The van der Waals surface area contributed by atoms with E-state index in [1.807, 2.05) is 18.2 Å². The van der Waals surface area contributed by atoms with Crippen LogP contribution in [0.4, 0.5) is 0 Å². The molecule has 0 aliphatic carbocycles. The van der Waals surface area contributed by atoms with Crippen LogP contribution < -0.4 is 10.1 Å². The first-order chi connectivity index (χ1) is 10.2. The van der Waals surface area contributed by atoms with E-state index in [0.717, 1.165) is 28.2 Å². The highest BCUT2D eigenvalue weighted by Crippen LogP contribution is 2.30. The van der Waals surface area contributed by atoms with Gasteiger partial charge < -0.3 is 10.1 Å². The summed E-state index contributed by atoms with van der Waals surface area (Å²) in [5.74, 6) is 0.866. The van der Waals surface area contributed by atoms with Gasteiger partial charge in [0.25, 0.3) is 0 Å². The van der Waals surface area contributed by atoms with Crippen LogP contribution in [0.25, 0.3) is 0 Å². The molecular weight excluding hydrogens is 350 g/mol. The first kappa shape index (κ1) is 16.3. The minimum absolute atomic E-state index is 0.143. The van der Waals surface area contributed by atoms with Gasteiger partial charge in [-0.3, -0.25) is 0 Å². The van der Waals surface area contributed by atoms with Gasteiger partial charge in [0.1, 0.15) is 5.75 Å². The Labute approximate surface area is 139 Å². The Hall–Kier alpha value is -1.03. The zero-order valence-corrected chi connectivity index (χ0v) is 14.5. The molecule has 0 heterocycles. The second kappa shape index (κ2) is 7.83. The van der Waals surface area contributed by atoms with Crippen LogP contribution in [0.2, 0.25) is 5.02 Å². The van der Waals surface area contributed by atoms with Crippen LogP contribution in [0.15, 0.2) is 46.9 Å². The molecule has 0 radical (unpaired) electrons. The van der Waals surface area contributed by atoms with Crippen LogP contribution in [-0.4, -0.2) is 13.7 Å². The third kappa shape index (κ3) is 4.22. The predicted octanol–water partition coefficient (Wildman–Crippen LogP) is 5.20. The number of hydrogen-bond donors (Lipinski definition) is 1. The molecule has 112 valence electrons. The van der Waals surface area contributed by atoms with Gasteiger partial charge in [-0.1, -0.05) is 36.7 Å².